The van der Waals surface area contributed by atoms with Gasteiger partial charge in [0.05, 0.1) is 6.33 Å². The third-order valence-corrected chi connectivity index (χ3v) is 5.71. The molecule has 0 fully saturated rings. The fraction of sp³-hybridized carbons (Fsp3) is 0.182. The van der Waals surface area contributed by atoms with Crippen LogP contribution in [0.5, 0.6) is 0 Å². The van der Waals surface area contributed by atoms with Crippen molar-refractivity contribution in [2.24, 2.45) is 0 Å². The van der Waals surface area contributed by atoms with Crippen molar-refractivity contribution in [1.82, 2.24) is 13.9 Å². The molecule has 152 valence electrons. The van der Waals surface area contributed by atoms with E-state index in [4.69, 9.17) is 0 Å². The minimum absolute atomic E-state index is 0.150. The first kappa shape index (κ1) is 19.9. The highest BCUT2D eigenvalue weighted by atomic mass is 32.1. The molecule has 0 unspecified atom stereocenters. The van der Waals surface area contributed by atoms with E-state index in [9.17, 15) is 14.0 Å². The maximum Gasteiger partial charge on any atom is 0.273 e. The van der Waals surface area contributed by atoms with Crippen molar-refractivity contribution < 1.29 is 9.18 Å². The largest absolute Gasteiger partial charge is 0.324 e. The maximum absolute atomic E-state index is 13.2. The minimum Gasteiger partial charge on any atom is -0.324 e. The molecule has 0 saturated carbocycles. The van der Waals surface area contributed by atoms with Crippen LogP contribution in [-0.4, -0.2) is 19.8 Å². The SMILES string of the molecule is CCc1cccc(C)c1NC(=O)Cn1cnc2c(-c3ccc(F)cc3)nsc2c1=O. The Balaban J connectivity index is 1.62. The van der Waals surface area contributed by atoms with Crippen LogP contribution in [-0.2, 0) is 17.8 Å². The highest BCUT2D eigenvalue weighted by Crippen LogP contribution is 2.27. The maximum atomic E-state index is 13.2. The van der Waals surface area contributed by atoms with Gasteiger partial charge in [-0.05, 0) is 60.3 Å². The first-order valence-corrected chi connectivity index (χ1v) is 10.2. The molecule has 0 saturated heterocycles. The van der Waals surface area contributed by atoms with Gasteiger partial charge >= 0.3 is 0 Å². The molecule has 2 aromatic carbocycles. The number of hydrogen-bond donors (Lipinski definition) is 1. The van der Waals surface area contributed by atoms with Gasteiger partial charge in [0.1, 0.15) is 28.3 Å². The number of hydrogen-bond acceptors (Lipinski definition) is 5. The number of benzene rings is 2. The summed E-state index contributed by atoms with van der Waals surface area (Å²) in [6.07, 6.45) is 2.14. The summed E-state index contributed by atoms with van der Waals surface area (Å²) in [5.74, 6) is -0.648. The lowest BCUT2D eigenvalue weighted by Gasteiger charge is -2.13. The number of halogens is 1. The number of amides is 1. The number of nitrogens with one attached hydrogen (secondary N) is 1. The van der Waals surface area contributed by atoms with Crippen LogP contribution in [0.15, 0.2) is 53.6 Å². The number of carbonyl (C=O) groups excluding carboxylic acids is 1. The molecule has 2 heterocycles. The first-order chi connectivity index (χ1) is 14.5. The first-order valence-electron chi connectivity index (χ1n) is 9.47. The summed E-state index contributed by atoms with van der Waals surface area (Å²) in [5.41, 5.74) is 4.10. The number of rotatable bonds is 5. The van der Waals surface area contributed by atoms with Crippen molar-refractivity contribution in [3.05, 3.63) is 76.1 Å². The molecular weight excluding hydrogens is 403 g/mol. The molecule has 4 rings (SSSR count). The van der Waals surface area contributed by atoms with Crippen LogP contribution >= 0.6 is 11.5 Å². The Kier molecular flexibility index (Phi) is 5.41. The van der Waals surface area contributed by atoms with E-state index in [1.54, 1.807) is 12.1 Å². The zero-order valence-corrected chi connectivity index (χ0v) is 17.3. The molecule has 2 aromatic heterocycles. The quantitative estimate of drug-likeness (QED) is 0.524. The number of aryl methyl sites for hydroxylation is 2. The molecule has 0 spiro atoms. The third-order valence-electron chi connectivity index (χ3n) is 4.88. The lowest BCUT2D eigenvalue weighted by atomic mass is 10.1. The topological polar surface area (TPSA) is 76.9 Å². The average molecular weight is 422 g/mol. The van der Waals surface area contributed by atoms with E-state index in [1.807, 2.05) is 32.0 Å². The van der Waals surface area contributed by atoms with Crippen LogP contribution in [0.1, 0.15) is 18.1 Å². The van der Waals surface area contributed by atoms with Crippen LogP contribution < -0.4 is 10.9 Å². The Morgan fingerprint density at radius 3 is 2.70 bits per heavy atom. The Labute approximate surface area is 176 Å². The summed E-state index contributed by atoms with van der Waals surface area (Å²) < 4.78 is 19.1. The molecule has 0 bridgehead atoms. The molecule has 30 heavy (non-hydrogen) atoms. The van der Waals surface area contributed by atoms with Crippen LogP contribution in [0.25, 0.3) is 21.5 Å². The third kappa shape index (κ3) is 3.73. The number of para-hydroxylation sites is 1. The van der Waals surface area contributed by atoms with Gasteiger partial charge in [0.25, 0.3) is 5.56 Å². The second kappa shape index (κ2) is 8.16. The second-order valence-electron chi connectivity index (χ2n) is 6.90. The summed E-state index contributed by atoms with van der Waals surface area (Å²) >= 11 is 1.02. The number of fused-ring (bicyclic) bond motifs is 1. The fourth-order valence-corrected chi connectivity index (χ4v) is 4.11. The van der Waals surface area contributed by atoms with Gasteiger partial charge in [-0.1, -0.05) is 25.1 Å². The monoisotopic (exact) mass is 422 g/mol. The van der Waals surface area contributed by atoms with E-state index in [-0.39, 0.29) is 23.8 Å². The summed E-state index contributed by atoms with van der Waals surface area (Å²) in [7, 11) is 0. The standard InChI is InChI=1S/C22H19FN4O2S/c1-3-14-6-4-5-13(2)18(14)25-17(28)11-27-12-24-20-19(26-30-21(20)22(27)29)15-7-9-16(23)10-8-15/h4-10,12H,3,11H2,1-2H3,(H,25,28). The van der Waals surface area contributed by atoms with E-state index in [2.05, 4.69) is 14.7 Å². The van der Waals surface area contributed by atoms with E-state index in [0.29, 0.717) is 21.5 Å². The zero-order chi connectivity index (χ0) is 21.3. The van der Waals surface area contributed by atoms with Crippen molar-refractivity contribution in [3.8, 4) is 11.3 Å². The highest BCUT2D eigenvalue weighted by Gasteiger charge is 2.16. The van der Waals surface area contributed by atoms with E-state index in [1.165, 1.54) is 23.0 Å². The molecule has 1 N–H and O–H groups in total. The van der Waals surface area contributed by atoms with Crippen LogP contribution in [0.3, 0.4) is 0 Å². The Morgan fingerprint density at radius 2 is 1.97 bits per heavy atom. The highest BCUT2D eigenvalue weighted by molar-refractivity contribution is 7.13. The Morgan fingerprint density at radius 1 is 1.20 bits per heavy atom. The average Bonchev–Trinajstić information content (AvgIpc) is 3.17. The van der Waals surface area contributed by atoms with Gasteiger partial charge in [0, 0.05) is 11.3 Å². The van der Waals surface area contributed by atoms with E-state index >= 15 is 0 Å². The van der Waals surface area contributed by atoms with Gasteiger partial charge in [-0.2, -0.15) is 4.37 Å². The Bertz CT molecular complexity index is 1290. The molecule has 1 amide bonds. The molecule has 0 aliphatic carbocycles. The molecule has 0 atom stereocenters. The van der Waals surface area contributed by atoms with Crippen molar-refractivity contribution in [2.45, 2.75) is 26.8 Å². The number of nitrogens with zero attached hydrogens (tertiary/aromatic N) is 3. The van der Waals surface area contributed by atoms with Crippen LogP contribution in [0, 0.1) is 12.7 Å². The van der Waals surface area contributed by atoms with Gasteiger partial charge in [-0.25, -0.2) is 9.37 Å². The molecule has 0 radical (unpaired) electrons. The molecule has 4 aromatic rings. The zero-order valence-electron chi connectivity index (χ0n) is 16.5. The molecule has 6 nitrogen and oxygen atoms in total. The van der Waals surface area contributed by atoms with Crippen LogP contribution in [0.2, 0.25) is 0 Å². The predicted molar refractivity (Wildman–Crippen MR) is 116 cm³/mol. The lowest BCUT2D eigenvalue weighted by Crippen LogP contribution is -2.28. The van der Waals surface area contributed by atoms with E-state index in [0.717, 1.165) is 34.8 Å². The van der Waals surface area contributed by atoms with Crippen molar-refractivity contribution in [3.63, 3.8) is 0 Å². The second-order valence-corrected chi connectivity index (χ2v) is 7.68. The van der Waals surface area contributed by atoms with Gasteiger partial charge < -0.3 is 5.32 Å². The van der Waals surface area contributed by atoms with Gasteiger partial charge in [0.2, 0.25) is 5.91 Å². The summed E-state index contributed by atoms with van der Waals surface area (Å²) in [6.45, 7) is 3.81. The normalized spacial score (nSPS) is 11.0. The summed E-state index contributed by atoms with van der Waals surface area (Å²) in [4.78, 5) is 29.8. The van der Waals surface area contributed by atoms with Crippen LogP contribution in [0.4, 0.5) is 10.1 Å². The number of anilines is 1. The van der Waals surface area contributed by atoms with Gasteiger partial charge in [-0.15, -0.1) is 0 Å². The molecule has 0 aliphatic heterocycles. The van der Waals surface area contributed by atoms with E-state index < -0.39 is 0 Å². The minimum atomic E-state index is -0.348. The Hall–Kier alpha value is -3.39. The predicted octanol–water partition coefficient (Wildman–Crippen LogP) is 4.17. The van der Waals surface area contributed by atoms with Gasteiger partial charge in [0.15, 0.2) is 0 Å². The number of carbonyl (C=O) groups is 1. The fourth-order valence-electron chi connectivity index (χ4n) is 3.30. The smallest absolute Gasteiger partial charge is 0.273 e. The van der Waals surface area contributed by atoms with Crippen molar-refractivity contribution in [1.29, 1.82) is 0 Å². The molecule has 8 heteroatoms. The molecular formula is C22H19FN4O2S. The van der Waals surface area contributed by atoms with Gasteiger partial charge in [-0.3, -0.25) is 14.2 Å². The summed E-state index contributed by atoms with van der Waals surface area (Å²) in [6, 6.07) is 11.7. The van der Waals surface area contributed by atoms with Crippen molar-refractivity contribution >= 4 is 33.3 Å². The molecule has 0 aliphatic rings. The van der Waals surface area contributed by atoms with Crippen molar-refractivity contribution in [2.75, 3.05) is 5.32 Å². The lowest BCUT2D eigenvalue weighted by molar-refractivity contribution is -0.116. The number of aromatic nitrogens is 3. The summed E-state index contributed by atoms with van der Waals surface area (Å²) in [5, 5.41) is 2.92.